The molecular formula is C12H17Cl. The molecule has 0 fully saturated rings. The Morgan fingerprint density at radius 1 is 1.15 bits per heavy atom. The van der Waals surface area contributed by atoms with Crippen molar-refractivity contribution in [1.82, 2.24) is 0 Å². The molecule has 0 unspecified atom stereocenters. The van der Waals surface area contributed by atoms with Gasteiger partial charge in [0.25, 0.3) is 0 Å². The summed E-state index contributed by atoms with van der Waals surface area (Å²) in [6, 6.07) is 10.5. The summed E-state index contributed by atoms with van der Waals surface area (Å²) in [7, 11) is 0. The second kappa shape index (κ2) is 4.15. The number of hydrogen-bond donors (Lipinski definition) is 0. The van der Waals surface area contributed by atoms with E-state index in [1.807, 2.05) is 6.07 Å². The lowest BCUT2D eigenvalue weighted by atomic mass is 9.78. The first-order chi connectivity index (χ1) is 6.05. The Labute approximate surface area is 85.9 Å². The van der Waals surface area contributed by atoms with Crippen LogP contribution in [0.25, 0.3) is 0 Å². The van der Waals surface area contributed by atoms with Gasteiger partial charge in [-0.05, 0) is 11.0 Å². The fourth-order valence-corrected chi connectivity index (χ4v) is 2.15. The lowest BCUT2D eigenvalue weighted by Crippen LogP contribution is -2.19. The second-order valence-corrected chi connectivity index (χ2v) is 4.79. The topological polar surface area (TPSA) is 0 Å². The molecule has 0 nitrogen and oxygen atoms in total. The third-order valence-electron chi connectivity index (χ3n) is 2.40. The Kier molecular flexibility index (Phi) is 3.38. The average molecular weight is 197 g/mol. The molecule has 0 radical (unpaired) electrons. The molecule has 0 heterocycles. The van der Waals surface area contributed by atoms with Gasteiger partial charge in [0.15, 0.2) is 0 Å². The standard InChI is InChI=1S/C12H17Cl/c1-12(2,3)11(9-13)10-7-5-4-6-8-10/h4-8,11H,9H2,1-3H3/t11-/m1/s1. The molecule has 0 saturated carbocycles. The van der Waals surface area contributed by atoms with Gasteiger partial charge in [-0.3, -0.25) is 0 Å². The zero-order chi connectivity index (χ0) is 9.90. The molecule has 1 rings (SSSR count). The minimum atomic E-state index is 0.239. The van der Waals surface area contributed by atoms with E-state index >= 15 is 0 Å². The molecule has 0 amide bonds. The first-order valence-electron chi connectivity index (χ1n) is 4.66. The summed E-state index contributed by atoms with van der Waals surface area (Å²) in [5.41, 5.74) is 1.58. The zero-order valence-corrected chi connectivity index (χ0v) is 9.31. The van der Waals surface area contributed by atoms with E-state index in [-0.39, 0.29) is 5.41 Å². The highest BCUT2D eigenvalue weighted by atomic mass is 35.5. The fraction of sp³-hybridized carbons (Fsp3) is 0.500. The Bertz CT molecular complexity index is 246. The summed E-state index contributed by atoms with van der Waals surface area (Å²) in [6.07, 6.45) is 0. The van der Waals surface area contributed by atoms with Crippen LogP contribution in [-0.4, -0.2) is 5.88 Å². The summed E-state index contributed by atoms with van der Waals surface area (Å²) >= 11 is 5.99. The van der Waals surface area contributed by atoms with Crippen molar-refractivity contribution >= 4 is 11.6 Å². The van der Waals surface area contributed by atoms with E-state index in [1.165, 1.54) is 5.56 Å². The van der Waals surface area contributed by atoms with Crippen LogP contribution in [0.4, 0.5) is 0 Å². The summed E-state index contributed by atoms with van der Waals surface area (Å²) in [5.74, 6) is 1.13. The molecular weight excluding hydrogens is 180 g/mol. The predicted octanol–water partition coefficient (Wildman–Crippen LogP) is 4.06. The van der Waals surface area contributed by atoms with Crippen LogP contribution in [0.5, 0.6) is 0 Å². The fourth-order valence-electron chi connectivity index (χ4n) is 1.51. The normalized spacial score (nSPS) is 14.2. The molecule has 0 aromatic heterocycles. The van der Waals surface area contributed by atoms with E-state index in [4.69, 9.17) is 11.6 Å². The van der Waals surface area contributed by atoms with E-state index in [0.29, 0.717) is 11.8 Å². The lowest BCUT2D eigenvalue weighted by molar-refractivity contribution is 0.342. The third-order valence-corrected chi connectivity index (χ3v) is 2.71. The Morgan fingerprint density at radius 2 is 1.69 bits per heavy atom. The van der Waals surface area contributed by atoms with Gasteiger partial charge in [-0.2, -0.15) is 0 Å². The molecule has 0 N–H and O–H groups in total. The maximum atomic E-state index is 5.99. The van der Waals surface area contributed by atoms with Crippen molar-refractivity contribution in [2.75, 3.05) is 5.88 Å². The molecule has 0 aliphatic rings. The largest absolute Gasteiger partial charge is 0.126 e. The van der Waals surface area contributed by atoms with Crippen molar-refractivity contribution in [1.29, 1.82) is 0 Å². The lowest BCUT2D eigenvalue weighted by Gasteiger charge is -2.29. The summed E-state index contributed by atoms with van der Waals surface area (Å²) in [4.78, 5) is 0. The number of hydrogen-bond acceptors (Lipinski definition) is 0. The monoisotopic (exact) mass is 196 g/mol. The Balaban J connectivity index is 2.92. The third kappa shape index (κ3) is 2.73. The SMILES string of the molecule is CC(C)(C)[C@H](CCl)c1ccccc1. The van der Waals surface area contributed by atoms with Gasteiger partial charge in [0.2, 0.25) is 0 Å². The van der Waals surface area contributed by atoms with Gasteiger partial charge < -0.3 is 0 Å². The van der Waals surface area contributed by atoms with Crippen molar-refractivity contribution in [2.24, 2.45) is 5.41 Å². The van der Waals surface area contributed by atoms with Crippen LogP contribution in [-0.2, 0) is 0 Å². The zero-order valence-electron chi connectivity index (χ0n) is 8.55. The minimum Gasteiger partial charge on any atom is -0.126 e. The average Bonchev–Trinajstić information content (AvgIpc) is 2.05. The van der Waals surface area contributed by atoms with Crippen LogP contribution in [0.15, 0.2) is 30.3 Å². The summed E-state index contributed by atoms with van der Waals surface area (Å²) in [6.45, 7) is 6.69. The Hall–Kier alpha value is -0.490. The molecule has 72 valence electrons. The Morgan fingerprint density at radius 3 is 2.08 bits per heavy atom. The predicted molar refractivity (Wildman–Crippen MR) is 59.4 cm³/mol. The van der Waals surface area contributed by atoms with Gasteiger partial charge in [0.05, 0.1) is 0 Å². The van der Waals surface area contributed by atoms with Crippen LogP contribution in [0.3, 0.4) is 0 Å². The van der Waals surface area contributed by atoms with Crippen LogP contribution in [0, 0.1) is 5.41 Å². The van der Waals surface area contributed by atoms with E-state index in [2.05, 4.69) is 45.0 Å². The molecule has 0 aliphatic carbocycles. The van der Waals surface area contributed by atoms with Gasteiger partial charge in [0, 0.05) is 11.8 Å². The van der Waals surface area contributed by atoms with Crippen molar-refractivity contribution < 1.29 is 0 Å². The van der Waals surface area contributed by atoms with Gasteiger partial charge >= 0.3 is 0 Å². The number of alkyl halides is 1. The summed E-state index contributed by atoms with van der Waals surface area (Å²) < 4.78 is 0. The summed E-state index contributed by atoms with van der Waals surface area (Å²) in [5, 5.41) is 0. The molecule has 0 spiro atoms. The maximum Gasteiger partial charge on any atom is 0.0297 e. The quantitative estimate of drug-likeness (QED) is 0.626. The number of halogens is 1. The van der Waals surface area contributed by atoms with E-state index in [0.717, 1.165) is 0 Å². The number of rotatable bonds is 2. The van der Waals surface area contributed by atoms with E-state index in [1.54, 1.807) is 0 Å². The maximum absolute atomic E-state index is 5.99. The van der Waals surface area contributed by atoms with Gasteiger partial charge in [0.1, 0.15) is 0 Å². The molecule has 0 bridgehead atoms. The van der Waals surface area contributed by atoms with Gasteiger partial charge in [-0.1, -0.05) is 51.1 Å². The number of benzene rings is 1. The smallest absolute Gasteiger partial charge is 0.0297 e. The van der Waals surface area contributed by atoms with Crippen LogP contribution >= 0.6 is 11.6 Å². The first-order valence-corrected chi connectivity index (χ1v) is 5.20. The van der Waals surface area contributed by atoms with Crippen LogP contribution in [0.1, 0.15) is 32.3 Å². The molecule has 0 saturated heterocycles. The van der Waals surface area contributed by atoms with Gasteiger partial charge in [-0.25, -0.2) is 0 Å². The first kappa shape index (κ1) is 10.6. The highest BCUT2D eigenvalue weighted by Crippen LogP contribution is 2.35. The van der Waals surface area contributed by atoms with Gasteiger partial charge in [-0.15, -0.1) is 11.6 Å². The highest BCUT2D eigenvalue weighted by Gasteiger charge is 2.24. The molecule has 1 aromatic rings. The van der Waals surface area contributed by atoms with Crippen molar-refractivity contribution in [2.45, 2.75) is 26.7 Å². The van der Waals surface area contributed by atoms with Crippen molar-refractivity contribution in [3.63, 3.8) is 0 Å². The molecule has 1 aromatic carbocycles. The van der Waals surface area contributed by atoms with Crippen molar-refractivity contribution in [3.05, 3.63) is 35.9 Å². The van der Waals surface area contributed by atoms with Crippen molar-refractivity contribution in [3.8, 4) is 0 Å². The molecule has 0 aliphatic heterocycles. The second-order valence-electron chi connectivity index (χ2n) is 4.48. The molecule has 1 atom stereocenters. The van der Waals surface area contributed by atoms with E-state index < -0.39 is 0 Å². The van der Waals surface area contributed by atoms with E-state index in [9.17, 15) is 0 Å². The van der Waals surface area contributed by atoms with Crippen LogP contribution in [0.2, 0.25) is 0 Å². The molecule has 1 heteroatoms. The minimum absolute atomic E-state index is 0.239. The van der Waals surface area contributed by atoms with Crippen LogP contribution < -0.4 is 0 Å². The molecule has 13 heavy (non-hydrogen) atoms. The highest BCUT2D eigenvalue weighted by molar-refractivity contribution is 6.18.